The van der Waals surface area contributed by atoms with Gasteiger partial charge in [-0.15, -0.1) is 0 Å². The summed E-state index contributed by atoms with van der Waals surface area (Å²) in [5.41, 5.74) is 2.87. The number of hydrogen-bond donors (Lipinski definition) is 1. The summed E-state index contributed by atoms with van der Waals surface area (Å²) in [6.45, 7) is 5.14. The maximum Gasteiger partial charge on any atom is 0.173 e. The van der Waals surface area contributed by atoms with Gasteiger partial charge in [0.05, 0.1) is 15.7 Å². The fourth-order valence-electron chi connectivity index (χ4n) is 2.80. The number of thiocarbonyl (C=S) groups is 1. The Kier molecular flexibility index (Phi) is 5.89. The number of halogens is 3. The van der Waals surface area contributed by atoms with Crippen molar-refractivity contribution in [3.05, 3.63) is 51.2 Å². The third-order valence-electron chi connectivity index (χ3n) is 4.14. The minimum atomic E-state index is 0.568. The van der Waals surface area contributed by atoms with Gasteiger partial charge < -0.3 is 15.1 Å². The van der Waals surface area contributed by atoms with Crippen molar-refractivity contribution < 1.29 is 0 Å². The predicted molar refractivity (Wildman–Crippen MR) is 110 cm³/mol. The first kappa shape index (κ1) is 18.5. The highest BCUT2D eigenvalue weighted by Crippen LogP contribution is 2.33. The van der Waals surface area contributed by atoms with Crippen LogP contribution in [0.25, 0.3) is 0 Å². The summed E-state index contributed by atoms with van der Waals surface area (Å²) in [5, 5.41) is 5.86. The van der Waals surface area contributed by atoms with E-state index in [1.807, 2.05) is 25.1 Å². The summed E-state index contributed by atoms with van der Waals surface area (Å²) in [4.78, 5) is 8.31. The molecule has 0 atom stereocenters. The van der Waals surface area contributed by atoms with Crippen molar-refractivity contribution in [3.8, 4) is 0 Å². The van der Waals surface area contributed by atoms with Gasteiger partial charge >= 0.3 is 0 Å². The molecule has 4 nitrogen and oxygen atoms in total. The number of hydrogen-bond acceptors (Lipinski definition) is 3. The first-order valence-corrected chi connectivity index (χ1v) is 9.36. The molecule has 0 saturated carbocycles. The number of piperazine rings is 1. The quantitative estimate of drug-likeness (QED) is 0.707. The average molecular weight is 416 g/mol. The van der Waals surface area contributed by atoms with E-state index in [1.54, 1.807) is 12.4 Å². The van der Waals surface area contributed by atoms with Crippen LogP contribution in [0, 0.1) is 6.92 Å². The lowest BCUT2D eigenvalue weighted by atomic mass is 10.2. The number of anilines is 2. The molecule has 1 aromatic carbocycles. The Morgan fingerprint density at radius 3 is 2.32 bits per heavy atom. The summed E-state index contributed by atoms with van der Waals surface area (Å²) in [7, 11) is 0. The second-order valence-corrected chi connectivity index (χ2v) is 7.45. The summed E-state index contributed by atoms with van der Waals surface area (Å²) >= 11 is 24.1. The molecule has 3 rings (SSSR count). The zero-order valence-electron chi connectivity index (χ0n) is 13.6. The van der Waals surface area contributed by atoms with Crippen molar-refractivity contribution in [2.45, 2.75) is 6.92 Å². The Balaban J connectivity index is 1.63. The summed E-state index contributed by atoms with van der Waals surface area (Å²) in [6.07, 6.45) is 3.23. The molecule has 0 unspecified atom stereocenters. The van der Waals surface area contributed by atoms with Crippen LogP contribution in [0.1, 0.15) is 5.56 Å². The molecule has 1 fully saturated rings. The Labute approximate surface area is 167 Å². The fourth-order valence-corrected chi connectivity index (χ4v) is 3.92. The van der Waals surface area contributed by atoms with Crippen LogP contribution < -0.4 is 10.2 Å². The SMILES string of the molecule is Cc1cc(Cl)ccc1NC(=S)N1CCN(c2c(Cl)cncc2Cl)CC1. The molecular weight excluding hydrogens is 399 g/mol. The van der Waals surface area contributed by atoms with Crippen molar-refractivity contribution in [2.24, 2.45) is 0 Å². The van der Waals surface area contributed by atoms with Gasteiger partial charge in [0.2, 0.25) is 0 Å². The molecule has 2 aromatic rings. The third-order valence-corrected chi connectivity index (χ3v) is 5.29. The van der Waals surface area contributed by atoms with Crippen molar-refractivity contribution in [3.63, 3.8) is 0 Å². The number of benzene rings is 1. The number of rotatable bonds is 2. The van der Waals surface area contributed by atoms with Gasteiger partial charge in [-0.05, 0) is 42.9 Å². The second-order valence-electron chi connectivity index (χ2n) is 5.82. The van der Waals surface area contributed by atoms with Gasteiger partial charge in [0.1, 0.15) is 0 Å². The maximum absolute atomic E-state index is 6.25. The highest BCUT2D eigenvalue weighted by molar-refractivity contribution is 7.80. The Morgan fingerprint density at radius 1 is 1.08 bits per heavy atom. The summed E-state index contributed by atoms with van der Waals surface area (Å²) in [5.74, 6) is 0. The van der Waals surface area contributed by atoms with E-state index >= 15 is 0 Å². The minimum absolute atomic E-state index is 0.568. The average Bonchev–Trinajstić information content (AvgIpc) is 2.58. The lowest BCUT2D eigenvalue weighted by molar-refractivity contribution is 0.391. The maximum atomic E-state index is 6.25. The fraction of sp³-hybridized carbons (Fsp3) is 0.294. The van der Waals surface area contributed by atoms with Gasteiger partial charge in [-0.25, -0.2) is 0 Å². The number of aromatic nitrogens is 1. The van der Waals surface area contributed by atoms with Crippen LogP contribution in [-0.2, 0) is 0 Å². The van der Waals surface area contributed by atoms with Crippen LogP contribution >= 0.6 is 47.0 Å². The molecule has 0 amide bonds. The van der Waals surface area contributed by atoms with E-state index in [1.165, 1.54) is 0 Å². The van der Waals surface area contributed by atoms with E-state index in [4.69, 9.17) is 47.0 Å². The Hall–Kier alpha value is -1.27. The lowest BCUT2D eigenvalue weighted by Crippen LogP contribution is -2.50. The Morgan fingerprint density at radius 2 is 1.72 bits per heavy atom. The number of pyridine rings is 1. The van der Waals surface area contributed by atoms with Gasteiger partial charge in [0, 0.05) is 49.3 Å². The van der Waals surface area contributed by atoms with Crippen LogP contribution in [-0.4, -0.2) is 41.2 Å². The largest absolute Gasteiger partial charge is 0.365 e. The summed E-state index contributed by atoms with van der Waals surface area (Å²) in [6, 6.07) is 5.71. The van der Waals surface area contributed by atoms with Gasteiger partial charge in [-0.2, -0.15) is 0 Å². The van der Waals surface area contributed by atoms with E-state index < -0.39 is 0 Å². The Bertz CT molecular complexity index is 771. The van der Waals surface area contributed by atoms with Crippen LogP contribution in [0.4, 0.5) is 11.4 Å². The van der Waals surface area contributed by atoms with Crippen molar-refractivity contribution in [1.82, 2.24) is 9.88 Å². The topological polar surface area (TPSA) is 31.4 Å². The van der Waals surface area contributed by atoms with E-state index in [0.29, 0.717) is 20.2 Å². The molecule has 0 bridgehead atoms. The van der Waals surface area contributed by atoms with E-state index in [9.17, 15) is 0 Å². The number of nitrogens with zero attached hydrogens (tertiary/aromatic N) is 3. The van der Waals surface area contributed by atoms with Crippen molar-refractivity contribution in [2.75, 3.05) is 36.4 Å². The van der Waals surface area contributed by atoms with Crippen LogP contribution in [0.5, 0.6) is 0 Å². The molecule has 2 heterocycles. The van der Waals surface area contributed by atoms with E-state index in [-0.39, 0.29) is 0 Å². The molecule has 0 radical (unpaired) electrons. The summed E-state index contributed by atoms with van der Waals surface area (Å²) < 4.78 is 0. The molecule has 8 heteroatoms. The minimum Gasteiger partial charge on any atom is -0.365 e. The molecule has 1 saturated heterocycles. The molecule has 0 spiro atoms. The van der Waals surface area contributed by atoms with Gasteiger partial charge in [0.15, 0.2) is 5.11 Å². The molecule has 1 aromatic heterocycles. The third kappa shape index (κ3) is 4.29. The molecular formula is C17H17Cl3N4S. The highest BCUT2D eigenvalue weighted by atomic mass is 35.5. The number of nitrogens with one attached hydrogen (secondary N) is 1. The molecule has 1 aliphatic heterocycles. The molecule has 1 N–H and O–H groups in total. The number of aryl methyl sites for hydroxylation is 1. The normalized spacial score (nSPS) is 14.6. The standard InChI is InChI=1S/C17H17Cl3N4S/c1-11-8-12(18)2-3-15(11)22-17(25)24-6-4-23(5-7-24)16-13(19)9-21-10-14(16)20/h2-3,8-10H,4-7H2,1H3,(H,22,25). The monoisotopic (exact) mass is 414 g/mol. The first-order chi connectivity index (χ1) is 12.0. The van der Waals surface area contributed by atoms with Crippen LogP contribution in [0.15, 0.2) is 30.6 Å². The van der Waals surface area contributed by atoms with Gasteiger partial charge in [-0.3, -0.25) is 4.98 Å². The van der Waals surface area contributed by atoms with Crippen LogP contribution in [0.2, 0.25) is 15.1 Å². The van der Waals surface area contributed by atoms with Gasteiger partial charge in [-0.1, -0.05) is 34.8 Å². The van der Waals surface area contributed by atoms with E-state index in [2.05, 4.69) is 20.1 Å². The van der Waals surface area contributed by atoms with Crippen molar-refractivity contribution in [1.29, 1.82) is 0 Å². The lowest BCUT2D eigenvalue weighted by Gasteiger charge is -2.38. The predicted octanol–water partition coefficient (Wildman–Crippen LogP) is 4.87. The zero-order valence-corrected chi connectivity index (χ0v) is 16.7. The highest BCUT2D eigenvalue weighted by Gasteiger charge is 2.22. The molecule has 1 aliphatic rings. The second kappa shape index (κ2) is 7.96. The van der Waals surface area contributed by atoms with Crippen molar-refractivity contribution >= 4 is 63.5 Å². The first-order valence-electron chi connectivity index (χ1n) is 7.81. The molecule has 0 aliphatic carbocycles. The smallest absolute Gasteiger partial charge is 0.173 e. The van der Waals surface area contributed by atoms with E-state index in [0.717, 1.165) is 43.1 Å². The van der Waals surface area contributed by atoms with Crippen LogP contribution in [0.3, 0.4) is 0 Å². The molecule has 25 heavy (non-hydrogen) atoms. The van der Waals surface area contributed by atoms with Gasteiger partial charge in [0.25, 0.3) is 0 Å². The molecule has 132 valence electrons. The zero-order chi connectivity index (χ0) is 18.0.